The van der Waals surface area contributed by atoms with Crippen molar-refractivity contribution in [2.24, 2.45) is 5.73 Å². The van der Waals surface area contributed by atoms with E-state index in [4.69, 9.17) is 15.2 Å². The lowest BCUT2D eigenvalue weighted by atomic mass is 10.2. The number of rotatable bonds is 1. The number of aromatic nitrogens is 2. The minimum absolute atomic E-state index is 0.404. The molecule has 3 rings (SSSR count). The fraction of sp³-hybridized carbons (Fsp3) is 0.300. The Hall–Kier alpha value is -1.75. The van der Waals surface area contributed by atoms with E-state index in [1.54, 1.807) is 0 Å². The lowest BCUT2D eigenvalue weighted by Crippen LogP contribution is -2.15. The smallest absolute Gasteiger partial charge is 0.163 e. The SMILES string of the molecule is NCc1nc2cc3c(cc2[nH]1)OCCO3. The van der Waals surface area contributed by atoms with Crippen LogP contribution in [-0.2, 0) is 6.54 Å². The molecule has 0 aliphatic carbocycles. The highest BCUT2D eigenvalue weighted by Crippen LogP contribution is 2.33. The van der Waals surface area contributed by atoms with E-state index in [-0.39, 0.29) is 0 Å². The van der Waals surface area contributed by atoms with Crippen molar-refractivity contribution in [1.29, 1.82) is 0 Å². The Morgan fingerprint density at radius 1 is 1.27 bits per heavy atom. The third-order valence-electron chi connectivity index (χ3n) is 2.39. The van der Waals surface area contributed by atoms with Crippen LogP contribution in [0.4, 0.5) is 0 Å². The van der Waals surface area contributed by atoms with Gasteiger partial charge in [0.1, 0.15) is 19.0 Å². The number of ether oxygens (including phenoxy) is 2. The molecule has 0 fully saturated rings. The number of benzene rings is 1. The number of nitrogens with zero attached hydrogens (tertiary/aromatic N) is 1. The minimum atomic E-state index is 0.404. The summed E-state index contributed by atoms with van der Waals surface area (Å²) in [6.07, 6.45) is 0. The first-order chi connectivity index (χ1) is 7.36. The predicted octanol–water partition coefficient (Wildman–Crippen LogP) is 0.793. The lowest BCUT2D eigenvalue weighted by molar-refractivity contribution is 0.172. The number of nitrogens with one attached hydrogen (secondary N) is 1. The Balaban J connectivity index is 2.19. The molecule has 1 aromatic carbocycles. The van der Waals surface area contributed by atoms with Gasteiger partial charge in [0.25, 0.3) is 0 Å². The fourth-order valence-electron chi connectivity index (χ4n) is 1.70. The molecule has 0 atom stereocenters. The fourth-order valence-corrected chi connectivity index (χ4v) is 1.70. The quantitative estimate of drug-likeness (QED) is 0.722. The highest BCUT2D eigenvalue weighted by atomic mass is 16.6. The van der Waals surface area contributed by atoms with E-state index in [0.29, 0.717) is 19.8 Å². The van der Waals surface area contributed by atoms with Crippen LogP contribution in [0.1, 0.15) is 5.82 Å². The summed E-state index contributed by atoms with van der Waals surface area (Å²) < 4.78 is 10.9. The number of aromatic amines is 1. The summed E-state index contributed by atoms with van der Waals surface area (Å²) >= 11 is 0. The van der Waals surface area contributed by atoms with Crippen LogP contribution in [0.2, 0.25) is 0 Å². The first-order valence-corrected chi connectivity index (χ1v) is 4.85. The molecule has 2 heterocycles. The van der Waals surface area contributed by atoms with Gasteiger partial charge in [-0.15, -0.1) is 0 Å². The first-order valence-electron chi connectivity index (χ1n) is 4.85. The number of imidazole rings is 1. The van der Waals surface area contributed by atoms with Crippen molar-refractivity contribution < 1.29 is 9.47 Å². The van der Waals surface area contributed by atoms with Gasteiger partial charge in [0, 0.05) is 12.1 Å². The average Bonchev–Trinajstić information content (AvgIpc) is 2.67. The van der Waals surface area contributed by atoms with Crippen molar-refractivity contribution in [2.45, 2.75) is 6.54 Å². The van der Waals surface area contributed by atoms with Gasteiger partial charge in [0.2, 0.25) is 0 Å². The highest BCUT2D eigenvalue weighted by molar-refractivity contribution is 5.79. The summed E-state index contributed by atoms with van der Waals surface area (Å²) in [6.45, 7) is 1.59. The summed E-state index contributed by atoms with van der Waals surface area (Å²) in [7, 11) is 0. The van der Waals surface area contributed by atoms with Gasteiger partial charge in [0.05, 0.1) is 17.6 Å². The van der Waals surface area contributed by atoms with E-state index in [1.165, 1.54) is 0 Å². The van der Waals surface area contributed by atoms with Crippen LogP contribution in [0, 0.1) is 0 Å². The van der Waals surface area contributed by atoms with Crippen LogP contribution < -0.4 is 15.2 Å². The number of hydrogen-bond donors (Lipinski definition) is 2. The van der Waals surface area contributed by atoms with Crippen molar-refractivity contribution in [1.82, 2.24) is 9.97 Å². The molecule has 5 heteroatoms. The van der Waals surface area contributed by atoms with Crippen molar-refractivity contribution in [3.8, 4) is 11.5 Å². The van der Waals surface area contributed by atoms with Crippen LogP contribution in [0.3, 0.4) is 0 Å². The van der Waals surface area contributed by atoms with E-state index < -0.39 is 0 Å². The third-order valence-corrected chi connectivity index (χ3v) is 2.39. The van der Waals surface area contributed by atoms with Crippen LogP contribution in [-0.4, -0.2) is 23.2 Å². The van der Waals surface area contributed by atoms with Gasteiger partial charge in [-0.05, 0) is 0 Å². The Bertz CT molecular complexity index is 464. The maximum atomic E-state index is 5.51. The molecule has 3 N–H and O–H groups in total. The second-order valence-corrected chi connectivity index (χ2v) is 3.40. The molecular formula is C10H11N3O2. The molecule has 5 nitrogen and oxygen atoms in total. The highest BCUT2D eigenvalue weighted by Gasteiger charge is 2.14. The summed E-state index contributed by atoms with van der Waals surface area (Å²) in [6, 6.07) is 3.77. The molecule has 1 aliphatic rings. The maximum absolute atomic E-state index is 5.51. The molecule has 0 radical (unpaired) electrons. The number of fused-ring (bicyclic) bond motifs is 2. The van der Waals surface area contributed by atoms with E-state index in [9.17, 15) is 0 Å². The predicted molar refractivity (Wildman–Crippen MR) is 55.0 cm³/mol. The minimum Gasteiger partial charge on any atom is -0.486 e. The molecule has 0 unspecified atom stereocenters. The normalized spacial score (nSPS) is 14.5. The molecule has 0 saturated heterocycles. The Kier molecular flexibility index (Phi) is 1.78. The van der Waals surface area contributed by atoms with Gasteiger partial charge < -0.3 is 20.2 Å². The Morgan fingerprint density at radius 2 is 2.00 bits per heavy atom. The Labute approximate surface area is 86.2 Å². The number of nitrogens with two attached hydrogens (primary N) is 1. The largest absolute Gasteiger partial charge is 0.486 e. The average molecular weight is 205 g/mol. The van der Waals surface area contributed by atoms with Gasteiger partial charge in [0.15, 0.2) is 11.5 Å². The second kappa shape index (κ2) is 3.13. The molecule has 0 saturated carbocycles. The van der Waals surface area contributed by atoms with Crippen molar-refractivity contribution in [2.75, 3.05) is 13.2 Å². The van der Waals surface area contributed by atoms with Gasteiger partial charge in [-0.3, -0.25) is 0 Å². The maximum Gasteiger partial charge on any atom is 0.163 e. The second-order valence-electron chi connectivity index (χ2n) is 3.40. The summed E-state index contributed by atoms with van der Waals surface area (Å²) in [5.41, 5.74) is 7.30. The van der Waals surface area contributed by atoms with Crippen molar-refractivity contribution in [3.05, 3.63) is 18.0 Å². The zero-order valence-electron chi connectivity index (χ0n) is 8.12. The summed E-state index contributed by atoms with van der Waals surface area (Å²) in [4.78, 5) is 7.45. The first kappa shape index (κ1) is 8.55. The van der Waals surface area contributed by atoms with Crippen LogP contribution in [0.25, 0.3) is 11.0 Å². The van der Waals surface area contributed by atoms with Crippen molar-refractivity contribution in [3.63, 3.8) is 0 Å². The monoisotopic (exact) mass is 205 g/mol. The van der Waals surface area contributed by atoms with Crippen LogP contribution in [0.15, 0.2) is 12.1 Å². The van der Waals surface area contributed by atoms with Crippen LogP contribution >= 0.6 is 0 Å². The van der Waals surface area contributed by atoms with Gasteiger partial charge in [-0.2, -0.15) is 0 Å². The number of H-pyrrole nitrogens is 1. The third kappa shape index (κ3) is 1.32. The van der Waals surface area contributed by atoms with Gasteiger partial charge in [-0.1, -0.05) is 0 Å². The lowest BCUT2D eigenvalue weighted by Gasteiger charge is -2.17. The van der Waals surface area contributed by atoms with E-state index in [2.05, 4.69) is 9.97 Å². The zero-order valence-corrected chi connectivity index (χ0v) is 8.12. The summed E-state index contributed by atoms with van der Waals surface area (Å²) in [5.74, 6) is 2.29. The van der Waals surface area contributed by atoms with E-state index in [1.807, 2.05) is 12.1 Å². The van der Waals surface area contributed by atoms with Gasteiger partial charge >= 0.3 is 0 Å². The molecular weight excluding hydrogens is 194 g/mol. The topological polar surface area (TPSA) is 73.2 Å². The Morgan fingerprint density at radius 3 is 2.73 bits per heavy atom. The number of hydrogen-bond acceptors (Lipinski definition) is 4. The molecule has 0 bridgehead atoms. The standard InChI is InChI=1S/C10H11N3O2/c11-5-10-12-6-3-8-9(4-7(6)13-10)15-2-1-14-8/h3-4H,1-2,5,11H2,(H,12,13). The molecule has 1 aliphatic heterocycles. The molecule has 78 valence electrons. The van der Waals surface area contributed by atoms with Gasteiger partial charge in [-0.25, -0.2) is 4.98 Å². The molecule has 0 spiro atoms. The molecule has 15 heavy (non-hydrogen) atoms. The zero-order chi connectivity index (χ0) is 10.3. The van der Waals surface area contributed by atoms with Crippen molar-refractivity contribution >= 4 is 11.0 Å². The van der Waals surface area contributed by atoms with E-state index >= 15 is 0 Å². The summed E-state index contributed by atoms with van der Waals surface area (Å²) in [5, 5.41) is 0. The molecule has 2 aromatic rings. The van der Waals surface area contributed by atoms with Crippen LogP contribution in [0.5, 0.6) is 11.5 Å². The molecule has 1 aromatic heterocycles. The van der Waals surface area contributed by atoms with E-state index in [0.717, 1.165) is 28.4 Å². The molecule has 0 amide bonds.